The highest BCUT2D eigenvalue weighted by molar-refractivity contribution is 5.77. The highest BCUT2D eigenvalue weighted by atomic mass is 16.3. The van der Waals surface area contributed by atoms with Crippen molar-refractivity contribution in [2.24, 2.45) is 0 Å². The van der Waals surface area contributed by atoms with Gasteiger partial charge in [-0.25, -0.2) is 0 Å². The molecule has 0 fully saturated rings. The molecule has 0 aromatic heterocycles. The molecule has 1 amide bonds. The number of carbonyl (C=O) groups excluding carboxylic acids is 1. The van der Waals surface area contributed by atoms with Crippen molar-refractivity contribution < 1.29 is 9.90 Å². The Morgan fingerprint density at radius 2 is 1.90 bits per heavy atom. The van der Waals surface area contributed by atoms with Gasteiger partial charge in [0.2, 0.25) is 5.91 Å². The van der Waals surface area contributed by atoms with E-state index in [2.05, 4.69) is 0 Å². The number of aliphatic hydroxyl groups is 1. The Kier molecular flexibility index (Phi) is 2.84. The van der Waals surface area contributed by atoms with Crippen molar-refractivity contribution in [1.29, 1.82) is 0 Å². The van der Waals surface area contributed by atoms with E-state index in [9.17, 15) is 4.79 Å². The van der Waals surface area contributed by atoms with Crippen LogP contribution < -0.4 is 0 Å². The topological polar surface area (TPSA) is 40.5 Å². The molecule has 0 atom stereocenters. The predicted octanol–water partition coefficient (Wildman–Crippen LogP) is 0.236. The molecule has 0 bridgehead atoms. The van der Waals surface area contributed by atoms with Crippen LogP contribution in [0.2, 0.25) is 0 Å². The van der Waals surface area contributed by atoms with Crippen molar-refractivity contribution in [3.8, 4) is 0 Å². The molecule has 0 aliphatic heterocycles. The summed E-state index contributed by atoms with van der Waals surface area (Å²) < 4.78 is 0. The van der Waals surface area contributed by atoms with E-state index in [0.29, 0.717) is 0 Å². The molecular formula is C7H15NO2. The Balaban J connectivity index is 4.08. The molecule has 0 rings (SSSR count). The van der Waals surface area contributed by atoms with Crippen LogP contribution in [0.15, 0.2) is 0 Å². The van der Waals surface area contributed by atoms with Gasteiger partial charge in [0, 0.05) is 12.6 Å². The molecule has 0 aliphatic rings. The summed E-state index contributed by atoms with van der Waals surface area (Å²) in [5, 5.41) is 8.48. The first-order chi connectivity index (χ1) is 4.39. The first-order valence-corrected chi connectivity index (χ1v) is 3.27. The number of likely N-dealkylation sites (N-methyl/N-ethyl adjacent to an activating group) is 1. The fourth-order valence-corrected chi connectivity index (χ4v) is 0.480. The Morgan fingerprint density at radius 3 is 2.00 bits per heavy atom. The van der Waals surface area contributed by atoms with Gasteiger partial charge in [-0.1, -0.05) is 0 Å². The summed E-state index contributed by atoms with van der Waals surface area (Å²) in [5.41, 5.74) is -0.195. The highest BCUT2D eigenvalue weighted by Crippen LogP contribution is 2.09. The van der Waals surface area contributed by atoms with Crippen molar-refractivity contribution in [3.63, 3.8) is 0 Å². The van der Waals surface area contributed by atoms with E-state index >= 15 is 0 Å². The molecule has 10 heavy (non-hydrogen) atoms. The van der Waals surface area contributed by atoms with Gasteiger partial charge in [0.1, 0.15) is 6.61 Å². The fraction of sp³-hybridized carbons (Fsp3) is 0.857. The van der Waals surface area contributed by atoms with Crippen LogP contribution >= 0.6 is 0 Å². The summed E-state index contributed by atoms with van der Waals surface area (Å²) in [5.74, 6) is -0.243. The normalized spacial score (nSPS) is 11.3. The van der Waals surface area contributed by atoms with Gasteiger partial charge in [-0.2, -0.15) is 0 Å². The van der Waals surface area contributed by atoms with Crippen LogP contribution in [0.5, 0.6) is 0 Å². The van der Waals surface area contributed by atoms with Crippen LogP contribution in [0.25, 0.3) is 0 Å². The van der Waals surface area contributed by atoms with Crippen LogP contribution in [-0.2, 0) is 4.79 Å². The van der Waals surface area contributed by atoms with Gasteiger partial charge < -0.3 is 10.0 Å². The van der Waals surface area contributed by atoms with Gasteiger partial charge in [-0.15, -0.1) is 0 Å². The molecule has 0 radical (unpaired) electrons. The molecular weight excluding hydrogens is 130 g/mol. The second-order valence-corrected chi connectivity index (χ2v) is 3.28. The lowest BCUT2D eigenvalue weighted by atomic mass is 10.1. The van der Waals surface area contributed by atoms with Gasteiger partial charge in [-0.05, 0) is 20.8 Å². The standard InChI is InChI=1S/C7H15NO2/c1-7(2,3)8(4)6(10)5-9/h9H,5H2,1-4H3. The molecule has 0 saturated carbocycles. The molecule has 3 nitrogen and oxygen atoms in total. The summed E-state index contributed by atoms with van der Waals surface area (Å²) in [6.07, 6.45) is 0. The van der Waals surface area contributed by atoms with Crippen LogP contribution in [-0.4, -0.2) is 35.1 Å². The molecule has 60 valence electrons. The molecule has 0 unspecified atom stereocenters. The Bertz CT molecular complexity index is 126. The van der Waals surface area contributed by atoms with Crippen molar-refractivity contribution >= 4 is 5.91 Å². The highest BCUT2D eigenvalue weighted by Gasteiger charge is 2.20. The largest absolute Gasteiger partial charge is 0.387 e. The van der Waals surface area contributed by atoms with Crippen LogP contribution in [0, 0.1) is 0 Å². The third kappa shape index (κ3) is 2.35. The Hall–Kier alpha value is -0.570. The lowest BCUT2D eigenvalue weighted by Gasteiger charge is -2.31. The number of hydrogen-bond donors (Lipinski definition) is 1. The molecule has 0 aromatic rings. The minimum Gasteiger partial charge on any atom is -0.387 e. The van der Waals surface area contributed by atoms with E-state index in [0.717, 1.165) is 0 Å². The number of nitrogens with zero attached hydrogens (tertiary/aromatic N) is 1. The van der Waals surface area contributed by atoms with Crippen molar-refractivity contribution in [1.82, 2.24) is 4.90 Å². The van der Waals surface area contributed by atoms with Crippen molar-refractivity contribution in [2.75, 3.05) is 13.7 Å². The maximum atomic E-state index is 10.8. The van der Waals surface area contributed by atoms with E-state index < -0.39 is 6.61 Å². The molecule has 1 N–H and O–H groups in total. The van der Waals surface area contributed by atoms with Gasteiger partial charge in [0.25, 0.3) is 0 Å². The summed E-state index contributed by atoms with van der Waals surface area (Å²) in [6.45, 7) is 5.34. The Labute approximate surface area is 61.6 Å². The smallest absolute Gasteiger partial charge is 0.248 e. The number of carbonyl (C=O) groups is 1. The van der Waals surface area contributed by atoms with Crippen molar-refractivity contribution in [2.45, 2.75) is 26.3 Å². The van der Waals surface area contributed by atoms with E-state index in [1.165, 1.54) is 4.90 Å². The second kappa shape index (κ2) is 3.01. The zero-order valence-electron chi connectivity index (χ0n) is 7.01. The minimum atomic E-state index is -0.409. The minimum absolute atomic E-state index is 0.195. The predicted molar refractivity (Wildman–Crippen MR) is 39.6 cm³/mol. The summed E-state index contributed by atoms with van der Waals surface area (Å²) in [7, 11) is 1.68. The first-order valence-electron chi connectivity index (χ1n) is 3.27. The van der Waals surface area contributed by atoms with Gasteiger partial charge in [0.05, 0.1) is 0 Å². The maximum Gasteiger partial charge on any atom is 0.248 e. The van der Waals surface area contributed by atoms with Crippen LogP contribution in [0.3, 0.4) is 0 Å². The fourth-order valence-electron chi connectivity index (χ4n) is 0.480. The number of amides is 1. The third-order valence-corrected chi connectivity index (χ3v) is 1.52. The molecule has 0 aliphatic carbocycles. The monoisotopic (exact) mass is 145 g/mol. The lowest BCUT2D eigenvalue weighted by molar-refractivity contribution is -0.137. The van der Waals surface area contributed by atoms with Gasteiger partial charge in [-0.3, -0.25) is 4.79 Å². The van der Waals surface area contributed by atoms with Gasteiger partial charge >= 0.3 is 0 Å². The van der Waals surface area contributed by atoms with Crippen molar-refractivity contribution in [3.05, 3.63) is 0 Å². The van der Waals surface area contributed by atoms with E-state index in [1.807, 2.05) is 20.8 Å². The molecule has 0 saturated heterocycles. The zero-order valence-corrected chi connectivity index (χ0v) is 7.01. The first kappa shape index (κ1) is 9.43. The maximum absolute atomic E-state index is 10.8. The van der Waals surface area contributed by atoms with E-state index in [-0.39, 0.29) is 11.4 Å². The molecule has 0 aromatic carbocycles. The number of aliphatic hydroxyl groups excluding tert-OH is 1. The average molecular weight is 145 g/mol. The lowest BCUT2D eigenvalue weighted by Crippen LogP contribution is -2.43. The summed E-state index contributed by atoms with van der Waals surface area (Å²) in [4.78, 5) is 12.4. The SMILES string of the molecule is CN(C(=O)CO)C(C)(C)C. The quantitative estimate of drug-likeness (QED) is 0.574. The molecule has 0 heterocycles. The van der Waals surface area contributed by atoms with Crippen LogP contribution in [0.1, 0.15) is 20.8 Å². The van der Waals surface area contributed by atoms with E-state index in [4.69, 9.17) is 5.11 Å². The Morgan fingerprint density at radius 1 is 1.50 bits per heavy atom. The average Bonchev–Trinajstić information content (AvgIpc) is 1.83. The molecule has 3 heteroatoms. The molecule has 0 spiro atoms. The summed E-state index contributed by atoms with van der Waals surface area (Å²) >= 11 is 0. The number of rotatable bonds is 1. The zero-order chi connectivity index (χ0) is 8.36. The van der Waals surface area contributed by atoms with Crippen LogP contribution in [0.4, 0.5) is 0 Å². The van der Waals surface area contributed by atoms with E-state index in [1.54, 1.807) is 7.05 Å². The third-order valence-electron chi connectivity index (χ3n) is 1.52. The second-order valence-electron chi connectivity index (χ2n) is 3.28. The van der Waals surface area contributed by atoms with Gasteiger partial charge in [0.15, 0.2) is 0 Å². The summed E-state index contributed by atoms with van der Waals surface area (Å²) in [6, 6.07) is 0. The number of hydrogen-bond acceptors (Lipinski definition) is 2.